The Morgan fingerprint density at radius 1 is 1.10 bits per heavy atom. The highest BCUT2D eigenvalue weighted by Crippen LogP contribution is 2.38. The normalized spacial score (nSPS) is 21.0. The van der Waals surface area contributed by atoms with Gasteiger partial charge in [0, 0.05) is 18.4 Å². The average molecular weight is 445 g/mol. The molecule has 1 heterocycles. The Morgan fingerprint density at radius 3 is 2.00 bits per heavy atom. The molecule has 168 valence electrons. The third-order valence-corrected chi connectivity index (χ3v) is 7.37. The van der Waals surface area contributed by atoms with E-state index in [4.69, 9.17) is 9.31 Å². The van der Waals surface area contributed by atoms with Crippen LogP contribution in [0, 0.1) is 0 Å². The molecule has 0 radical (unpaired) electrons. The summed E-state index contributed by atoms with van der Waals surface area (Å²) in [6, 6.07) is 3.04. The molecule has 1 aliphatic rings. The average Bonchev–Trinajstić information content (AvgIpc) is 2.80. The van der Waals surface area contributed by atoms with E-state index in [9.17, 15) is 17.7 Å². The standard InChI is InChI=1S/C21H31BF3NO3S/c1-10-17(26(9)30(27)18(2,3)4)14-11-15(21(23,24)25)13-16(12-14)22-28-19(5,6)20(7,8)29-22/h10-13,17H,1H2,2-9H3/t17-,30?/m1/s1. The first kappa shape index (κ1) is 25.3. The van der Waals surface area contributed by atoms with Gasteiger partial charge < -0.3 is 13.9 Å². The fourth-order valence-corrected chi connectivity index (χ4v) is 4.43. The lowest BCUT2D eigenvalue weighted by Gasteiger charge is -2.34. The van der Waals surface area contributed by atoms with E-state index in [2.05, 4.69) is 6.58 Å². The second-order valence-electron chi connectivity index (χ2n) is 9.56. The first-order valence-electron chi connectivity index (χ1n) is 9.76. The molecule has 2 rings (SSSR count). The fourth-order valence-electron chi connectivity index (χ4n) is 3.16. The maximum Gasteiger partial charge on any atom is 0.494 e. The van der Waals surface area contributed by atoms with Crippen LogP contribution in [0.1, 0.15) is 65.6 Å². The smallest absolute Gasteiger partial charge is 0.494 e. The summed E-state index contributed by atoms with van der Waals surface area (Å²) < 4.78 is 66.7. The van der Waals surface area contributed by atoms with E-state index in [0.29, 0.717) is 5.56 Å². The molecular formula is C21H31BF3NO3S. The minimum Gasteiger partial charge on any atom is -0.597 e. The summed E-state index contributed by atoms with van der Waals surface area (Å²) in [5.74, 6) is 0. The molecule has 2 atom stereocenters. The highest BCUT2D eigenvalue weighted by Gasteiger charge is 2.52. The van der Waals surface area contributed by atoms with Crippen LogP contribution in [0.2, 0.25) is 0 Å². The van der Waals surface area contributed by atoms with Crippen molar-refractivity contribution in [1.29, 1.82) is 0 Å². The SMILES string of the molecule is C=C[C@H](c1cc(B2OC(C)(C)C(C)(C)O2)cc(C(F)(F)F)c1)N(C)[S+]([O-])C(C)(C)C. The molecular weight excluding hydrogens is 414 g/mol. The summed E-state index contributed by atoms with van der Waals surface area (Å²) >= 11 is -1.46. The van der Waals surface area contributed by atoms with Crippen LogP contribution in [0.5, 0.6) is 0 Å². The van der Waals surface area contributed by atoms with Crippen LogP contribution in [0.15, 0.2) is 30.9 Å². The van der Waals surface area contributed by atoms with Crippen molar-refractivity contribution in [1.82, 2.24) is 4.31 Å². The van der Waals surface area contributed by atoms with Gasteiger partial charge in [-0.3, -0.25) is 0 Å². The van der Waals surface area contributed by atoms with Crippen molar-refractivity contribution in [2.24, 2.45) is 0 Å². The van der Waals surface area contributed by atoms with E-state index in [1.54, 1.807) is 13.1 Å². The Morgan fingerprint density at radius 2 is 1.60 bits per heavy atom. The predicted molar refractivity (Wildman–Crippen MR) is 116 cm³/mol. The number of rotatable bonds is 5. The van der Waals surface area contributed by atoms with Crippen LogP contribution in [-0.2, 0) is 26.8 Å². The van der Waals surface area contributed by atoms with Crippen molar-refractivity contribution in [3.63, 3.8) is 0 Å². The molecule has 1 aromatic rings. The van der Waals surface area contributed by atoms with Crippen LogP contribution in [-0.4, -0.2) is 39.0 Å². The van der Waals surface area contributed by atoms with E-state index < -0.39 is 52.2 Å². The van der Waals surface area contributed by atoms with Crippen molar-refractivity contribution < 1.29 is 27.0 Å². The molecule has 0 amide bonds. The van der Waals surface area contributed by atoms with Gasteiger partial charge in [-0.05, 0) is 65.6 Å². The highest BCUT2D eigenvalue weighted by molar-refractivity contribution is 7.90. The first-order valence-corrected chi connectivity index (χ1v) is 10.9. The fraction of sp³-hybridized carbons (Fsp3) is 0.619. The number of halogens is 3. The topological polar surface area (TPSA) is 44.8 Å². The van der Waals surface area contributed by atoms with Gasteiger partial charge in [-0.2, -0.15) is 13.2 Å². The number of likely N-dealkylation sites (N-methyl/N-ethyl adjacent to an activating group) is 1. The lowest BCUT2D eigenvalue weighted by molar-refractivity contribution is -0.137. The molecule has 0 spiro atoms. The van der Waals surface area contributed by atoms with E-state index in [0.717, 1.165) is 12.1 Å². The predicted octanol–water partition coefficient (Wildman–Crippen LogP) is 4.63. The maximum atomic E-state index is 13.7. The van der Waals surface area contributed by atoms with Crippen LogP contribution in [0.3, 0.4) is 0 Å². The van der Waals surface area contributed by atoms with E-state index in [-0.39, 0.29) is 5.46 Å². The number of hydrogen-bond donors (Lipinski definition) is 0. The molecule has 4 nitrogen and oxygen atoms in total. The molecule has 0 aliphatic carbocycles. The summed E-state index contributed by atoms with van der Waals surface area (Å²) in [5, 5.41) is 0. The van der Waals surface area contributed by atoms with Gasteiger partial charge >= 0.3 is 13.3 Å². The maximum absolute atomic E-state index is 13.7. The number of nitrogens with zero attached hydrogens (tertiary/aromatic N) is 1. The number of hydrogen-bond acceptors (Lipinski definition) is 4. The second kappa shape index (κ2) is 8.17. The van der Waals surface area contributed by atoms with Crippen molar-refractivity contribution >= 4 is 23.9 Å². The lowest BCUT2D eigenvalue weighted by Crippen LogP contribution is -2.42. The zero-order valence-electron chi connectivity index (χ0n) is 18.9. The van der Waals surface area contributed by atoms with Crippen molar-refractivity contribution in [3.8, 4) is 0 Å². The molecule has 9 heteroatoms. The van der Waals surface area contributed by atoms with Gasteiger partial charge in [0.15, 0.2) is 0 Å². The molecule has 0 bridgehead atoms. The Kier molecular flexibility index (Phi) is 6.88. The van der Waals surface area contributed by atoms with E-state index in [1.165, 1.54) is 10.4 Å². The Balaban J connectivity index is 2.55. The third-order valence-electron chi connectivity index (χ3n) is 5.57. The van der Waals surface area contributed by atoms with Gasteiger partial charge in [0.05, 0.1) is 22.8 Å². The van der Waals surface area contributed by atoms with Gasteiger partial charge in [0.2, 0.25) is 0 Å². The van der Waals surface area contributed by atoms with Crippen molar-refractivity contribution in [2.45, 2.75) is 76.6 Å². The van der Waals surface area contributed by atoms with E-state index >= 15 is 0 Å². The zero-order valence-corrected chi connectivity index (χ0v) is 19.7. The lowest BCUT2D eigenvalue weighted by atomic mass is 9.77. The third kappa shape index (κ3) is 5.07. The van der Waals surface area contributed by atoms with Crippen molar-refractivity contribution in [3.05, 3.63) is 42.0 Å². The molecule has 1 saturated heterocycles. The summed E-state index contributed by atoms with van der Waals surface area (Å²) in [6.45, 7) is 16.6. The van der Waals surface area contributed by atoms with Crippen LogP contribution in [0.25, 0.3) is 0 Å². The van der Waals surface area contributed by atoms with Gasteiger partial charge in [0.25, 0.3) is 0 Å². The second-order valence-corrected chi connectivity index (χ2v) is 11.9. The molecule has 1 unspecified atom stereocenters. The highest BCUT2D eigenvalue weighted by atomic mass is 32.2. The monoisotopic (exact) mass is 445 g/mol. The van der Waals surface area contributed by atoms with Gasteiger partial charge in [-0.15, -0.1) is 10.9 Å². The zero-order chi connectivity index (χ0) is 23.3. The molecule has 0 N–H and O–H groups in total. The van der Waals surface area contributed by atoms with Crippen LogP contribution < -0.4 is 5.46 Å². The Hall–Kier alpha value is -0.995. The Bertz CT molecular complexity index is 777. The minimum atomic E-state index is -4.55. The first-order chi connectivity index (χ1) is 13.4. The quantitative estimate of drug-likeness (QED) is 0.377. The summed E-state index contributed by atoms with van der Waals surface area (Å²) in [6.07, 6.45) is -3.06. The summed E-state index contributed by atoms with van der Waals surface area (Å²) in [7, 11) is 0.669. The van der Waals surface area contributed by atoms with Gasteiger partial charge in [0.1, 0.15) is 4.75 Å². The molecule has 1 fully saturated rings. The van der Waals surface area contributed by atoms with Crippen LogP contribution >= 0.6 is 0 Å². The number of alkyl halides is 3. The summed E-state index contributed by atoms with van der Waals surface area (Å²) in [4.78, 5) is 0. The minimum absolute atomic E-state index is 0.264. The van der Waals surface area contributed by atoms with Crippen molar-refractivity contribution in [2.75, 3.05) is 7.05 Å². The van der Waals surface area contributed by atoms with Gasteiger partial charge in [-0.25, -0.2) is 0 Å². The molecule has 1 aliphatic heterocycles. The molecule has 30 heavy (non-hydrogen) atoms. The summed E-state index contributed by atoms with van der Waals surface area (Å²) in [5.41, 5.74) is -1.60. The molecule has 0 saturated carbocycles. The Labute approximate surface area is 181 Å². The largest absolute Gasteiger partial charge is 0.597 e. The van der Waals surface area contributed by atoms with Crippen LogP contribution in [0.4, 0.5) is 13.2 Å². The molecule has 1 aromatic carbocycles. The van der Waals surface area contributed by atoms with E-state index in [1.807, 2.05) is 48.5 Å². The van der Waals surface area contributed by atoms with Gasteiger partial charge in [-0.1, -0.05) is 18.2 Å². The molecule has 0 aromatic heterocycles. The number of benzene rings is 1.